The molecule has 0 saturated heterocycles. The normalized spacial score (nSPS) is 24.2. The molecule has 1 fully saturated rings. The smallest absolute Gasteiger partial charge is 0.409 e. The van der Waals surface area contributed by atoms with Gasteiger partial charge in [0.15, 0.2) is 0 Å². The average molecular weight is 271 g/mol. The van der Waals surface area contributed by atoms with Crippen LogP contribution >= 0.6 is 0 Å². The molecule has 1 saturated carbocycles. The maximum atomic E-state index is 13.0. The molecule has 0 radical (unpaired) electrons. The lowest BCUT2D eigenvalue weighted by Crippen LogP contribution is -2.31. The Morgan fingerprint density at radius 3 is 2.68 bits per heavy atom. The number of nitrogens with two attached hydrogens (primary N) is 1. The van der Waals surface area contributed by atoms with Gasteiger partial charge < -0.3 is 10.5 Å². The van der Waals surface area contributed by atoms with Crippen molar-refractivity contribution in [2.45, 2.75) is 43.9 Å². The summed E-state index contributed by atoms with van der Waals surface area (Å²) in [6, 6.07) is 6.82. The molecule has 2 rings (SSSR count). The monoisotopic (exact) mass is 271 g/mol. The molecule has 1 aliphatic rings. The first-order valence-electron chi connectivity index (χ1n) is 6.49. The van der Waals surface area contributed by atoms with E-state index >= 15 is 0 Å². The second-order valence-corrected chi connectivity index (χ2v) is 4.90. The van der Waals surface area contributed by atoms with E-state index in [1.807, 2.05) is 6.07 Å². The van der Waals surface area contributed by atoms with Crippen LogP contribution in [0.3, 0.4) is 0 Å². The van der Waals surface area contributed by atoms with Crippen molar-refractivity contribution < 1.29 is 18.3 Å². The fraction of sp³-hybridized carbons (Fsp3) is 0.571. The molecule has 106 valence electrons. The predicted molar refractivity (Wildman–Crippen MR) is 68.2 cm³/mol. The Bertz CT molecular complexity index is 426. The fourth-order valence-electron chi connectivity index (χ4n) is 2.56. The largest absolute Gasteiger partial charge is 0.535 e. The second-order valence-electron chi connectivity index (χ2n) is 4.90. The van der Waals surface area contributed by atoms with E-state index in [1.165, 1.54) is 6.07 Å². The molecule has 2 atom stereocenters. The van der Waals surface area contributed by atoms with Crippen LogP contribution in [-0.2, 0) is 4.74 Å². The average Bonchev–Trinajstić information content (AvgIpc) is 2.39. The van der Waals surface area contributed by atoms with Gasteiger partial charge in [-0.2, -0.15) is 0 Å². The van der Waals surface area contributed by atoms with Crippen LogP contribution in [0.15, 0.2) is 24.3 Å². The van der Waals surface area contributed by atoms with Gasteiger partial charge in [0, 0.05) is 13.2 Å². The van der Waals surface area contributed by atoms with Crippen LogP contribution in [0, 0.1) is 0 Å². The van der Waals surface area contributed by atoms with Gasteiger partial charge >= 0.3 is 6.29 Å². The number of methoxy groups -OCH3 is 1. The SMILES string of the molecule is COC(F)(F)Oc1cccc([C@H]2CCCC[C@H]2N)c1. The lowest BCUT2D eigenvalue weighted by molar-refractivity contribution is -0.342. The molecule has 1 aliphatic carbocycles. The molecule has 19 heavy (non-hydrogen) atoms. The van der Waals surface area contributed by atoms with Crippen molar-refractivity contribution in [1.82, 2.24) is 0 Å². The molecule has 0 spiro atoms. The summed E-state index contributed by atoms with van der Waals surface area (Å²) in [6.45, 7) is 0. The van der Waals surface area contributed by atoms with Crippen LogP contribution < -0.4 is 10.5 Å². The lowest BCUT2D eigenvalue weighted by atomic mass is 9.80. The van der Waals surface area contributed by atoms with Gasteiger partial charge in [-0.25, -0.2) is 0 Å². The predicted octanol–water partition coefficient (Wildman–Crippen LogP) is 3.25. The van der Waals surface area contributed by atoms with E-state index in [-0.39, 0.29) is 17.7 Å². The summed E-state index contributed by atoms with van der Waals surface area (Å²) >= 11 is 0. The van der Waals surface area contributed by atoms with Crippen molar-refractivity contribution in [2.75, 3.05) is 7.11 Å². The highest BCUT2D eigenvalue weighted by atomic mass is 19.3. The number of alkyl halides is 2. The first-order valence-corrected chi connectivity index (χ1v) is 6.49. The Kier molecular flexibility index (Phi) is 4.37. The molecular formula is C14H19F2NO2. The van der Waals surface area contributed by atoms with Gasteiger partial charge in [0.05, 0.1) is 0 Å². The third-order valence-electron chi connectivity index (χ3n) is 3.58. The number of hydrogen-bond donors (Lipinski definition) is 1. The van der Waals surface area contributed by atoms with Gasteiger partial charge in [0.1, 0.15) is 5.75 Å². The van der Waals surface area contributed by atoms with Crippen molar-refractivity contribution in [2.24, 2.45) is 5.73 Å². The van der Waals surface area contributed by atoms with Crippen LogP contribution in [0.1, 0.15) is 37.2 Å². The summed E-state index contributed by atoms with van der Waals surface area (Å²) in [7, 11) is 0.904. The highest BCUT2D eigenvalue weighted by molar-refractivity contribution is 5.32. The van der Waals surface area contributed by atoms with Crippen molar-refractivity contribution in [3.05, 3.63) is 29.8 Å². The molecule has 2 N–H and O–H groups in total. The second kappa shape index (κ2) is 5.84. The minimum atomic E-state index is -3.60. The first kappa shape index (κ1) is 14.2. The van der Waals surface area contributed by atoms with Gasteiger partial charge in [0.2, 0.25) is 0 Å². The Morgan fingerprint density at radius 1 is 1.26 bits per heavy atom. The van der Waals surface area contributed by atoms with Crippen molar-refractivity contribution >= 4 is 0 Å². The van der Waals surface area contributed by atoms with Crippen LogP contribution in [0.4, 0.5) is 8.78 Å². The third-order valence-corrected chi connectivity index (χ3v) is 3.58. The van der Waals surface area contributed by atoms with Crippen molar-refractivity contribution in [3.8, 4) is 5.75 Å². The number of hydrogen-bond acceptors (Lipinski definition) is 3. The van der Waals surface area contributed by atoms with E-state index in [9.17, 15) is 8.78 Å². The van der Waals surface area contributed by atoms with Crippen molar-refractivity contribution in [1.29, 1.82) is 0 Å². The molecule has 5 heteroatoms. The van der Waals surface area contributed by atoms with Crippen LogP contribution in [0.25, 0.3) is 0 Å². The Morgan fingerprint density at radius 2 is 2.00 bits per heavy atom. The summed E-state index contributed by atoms with van der Waals surface area (Å²) in [4.78, 5) is 0. The van der Waals surface area contributed by atoms with E-state index in [4.69, 9.17) is 5.73 Å². The zero-order valence-corrected chi connectivity index (χ0v) is 10.9. The Balaban J connectivity index is 2.14. The highest BCUT2D eigenvalue weighted by Gasteiger charge is 2.32. The fourth-order valence-corrected chi connectivity index (χ4v) is 2.56. The standard InChI is InChI=1S/C14H19F2NO2/c1-18-14(15,16)19-11-6-4-5-10(9-11)12-7-2-3-8-13(12)17/h4-6,9,12-13H,2-3,7-8,17H2,1H3/t12-,13-/m1/s1. The van der Waals surface area contributed by atoms with Crippen molar-refractivity contribution in [3.63, 3.8) is 0 Å². The number of benzene rings is 1. The topological polar surface area (TPSA) is 44.5 Å². The third kappa shape index (κ3) is 3.64. The summed E-state index contributed by atoms with van der Waals surface area (Å²) < 4.78 is 34.5. The summed E-state index contributed by atoms with van der Waals surface area (Å²) in [5, 5.41) is 0. The van der Waals surface area contributed by atoms with E-state index in [1.54, 1.807) is 12.1 Å². The maximum absolute atomic E-state index is 13.0. The first-order chi connectivity index (χ1) is 9.02. The minimum absolute atomic E-state index is 0.0898. The van der Waals surface area contributed by atoms with Gasteiger partial charge in [-0.1, -0.05) is 25.0 Å². The molecule has 3 nitrogen and oxygen atoms in total. The molecular weight excluding hydrogens is 252 g/mol. The Labute approximate surface area is 111 Å². The lowest BCUT2D eigenvalue weighted by Gasteiger charge is -2.29. The van der Waals surface area contributed by atoms with Crippen LogP contribution in [0.5, 0.6) is 5.75 Å². The van der Waals surface area contributed by atoms with Gasteiger partial charge in [-0.05, 0) is 36.5 Å². The van der Waals surface area contributed by atoms with E-state index in [0.717, 1.165) is 38.4 Å². The number of ether oxygens (including phenoxy) is 2. The van der Waals surface area contributed by atoms with E-state index in [0.29, 0.717) is 0 Å². The molecule has 1 aromatic rings. The number of halogens is 2. The number of rotatable bonds is 4. The van der Waals surface area contributed by atoms with E-state index in [2.05, 4.69) is 9.47 Å². The van der Waals surface area contributed by atoms with E-state index < -0.39 is 6.29 Å². The maximum Gasteiger partial charge on any atom is 0.535 e. The van der Waals surface area contributed by atoms with Gasteiger partial charge in [-0.3, -0.25) is 4.74 Å². The highest BCUT2D eigenvalue weighted by Crippen LogP contribution is 2.34. The zero-order valence-electron chi connectivity index (χ0n) is 10.9. The van der Waals surface area contributed by atoms with Crippen LogP contribution in [0.2, 0.25) is 0 Å². The van der Waals surface area contributed by atoms with Crippen LogP contribution in [-0.4, -0.2) is 19.4 Å². The summed E-state index contributed by atoms with van der Waals surface area (Å²) in [5.41, 5.74) is 7.06. The molecule has 1 aromatic carbocycles. The quantitative estimate of drug-likeness (QED) is 0.855. The molecule has 0 aromatic heterocycles. The zero-order chi connectivity index (χ0) is 13.9. The molecule has 0 amide bonds. The Hall–Kier alpha value is -1.20. The summed E-state index contributed by atoms with van der Waals surface area (Å²) in [6.07, 6.45) is 0.621. The minimum Gasteiger partial charge on any atom is -0.409 e. The van der Waals surface area contributed by atoms with Gasteiger partial charge in [0.25, 0.3) is 0 Å². The summed E-state index contributed by atoms with van der Waals surface area (Å²) in [5.74, 6) is 0.315. The molecule has 0 heterocycles. The van der Waals surface area contributed by atoms with Gasteiger partial charge in [-0.15, -0.1) is 8.78 Å². The molecule has 0 unspecified atom stereocenters. The molecule has 0 aliphatic heterocycles. The molecule has 0 bridgehead atoms.